The van der Waals surface area contributed by atoms with Gasteiger partial charge in [-0.3, -0.25) is 18.8 Å². The highest BCUT2D eigenvalue weighted by Gasteiger charge is 2.29. The van der Waals surface area contributed by atoms with E-state index in [2.05, 4.69) is 0 Å². The minimum absolute atomic E-state index is 0.0595. The zero-order chi connectivity index (χ0) is 27.3. The molecule has 0 aliphatic heterocycles. The van der Waals surface area contributed by atoms with Crippen molar-refractivity contribution < 1.29 is 37.0 Å². The van der Waals surface area contributed by atoms with Gasteiger partial charge in [0.15, 0.2) is 0 Å². The topological polar surface area (TPSA) is 112 Å². The first-order valence-corrected chi connectivity index (χ1v) is 15.2. The quantitative estimate of drug-likeness (QED) is 0.194. The molecule has 36 heavy (non-hydrogen) atoms. The van der Waals surface area contributed by atoms with Crippen molar-refractivity contribution in [3.8, 4) is 11.5 Å². The number of hydrogen-bond acceptors (Lipinski definition) is 6. The molecule has 8 nitrogen and oxygen atoms in total. The summed E-state index contributed by atoms with van der Waals surface area (Å²) >= 11 is 0. The molecule has 10 heteroatoms. The molecule has 0 bridgehead atoms. The summed E-state index contributed by atoms with van der Waals surface area (Å²) in [5.41, 5.74) is 3.71. The summed E-state index contributed by atoms with van der Waals surface area (Å²) in [7, 11) is -9.02. The molecular formula is C26H40O8P2. The lowest BCUT2D eigenvalue weighted by Crippen LogP contribution is -2.09. The maximum absolute atomic E-state index is 12.6. The van der Waals surface area contributed by atoms with Gasteiger partial charge in [-0.05, 0) is 46.9 Å². The molecule has 0 aromatic heterocycles. The van der Waals surface area contributed by atoms with Crippen LogP contribution in [-0.4, -0.2) is 23.0 Å². The second-order valence-electron chi connectivity index (χ2n) is 9.92. The molecule has 2 aromatic rings. The van der Waals surface area contributed by atoms with Crippen molar-refractivity contribution in [3.63, 3.8) is 0 Å². The van der Waals surface area contributed by atoms with Crippen LogP contribution in [0.25, 0.3) is 0 Å². The van der Waals surface area contributed by atoms with Crippen LogP contribution in [0.3, 0.4) is 0 Å². The van der Waals surface area contributed by atoms with Crippen LogP contribution in [0.2, 0.25) is 0 Å². The Hall–Kier alpha value is -1.66. The summed E-state index contributed by atoms with van der Waals surface area (Å²) in [6.45, 7) is 15.2. The Kier molecular flexibility index (Phi) is 10.8. The summed E-state index contributed by atoms with van der Waals surface area (Å²) in [5.74, 6) is 1.06. The molecule has 0 saturated carbocycles. The second kappa shape index (κ2) is 12.7. The maximum Gasteiger partial charge on any atom is 0.527 e. The van der Waals surface area contributed by atoms with Crippen molar-refractivity contribution in [1.29, 1.82) is 0 Å². The molecular weight excluding hydrogens is 502 g/mol. The van der Waals surface area contributed by atoms with Crippen molar-refractivity contribution in [2.75, 3.05) is 13.2 Å². The van der Waals surface area contributed by atoms with E-state index in [0.717, 1.165) is 22.3 Å². The lowest BCUT2D eigenvalue weighted by Gasteiger charge is -2.22. The minimum Gasteiger partial charge on any atom is -0.404 e. The highest BCUT2D eigenvalue weighted by Crippen LogP contribution is 2.49. The van der Waals surface area contributed by atoms with E-state index in [1.165, 1.54) is 0 Å². The Morgan fingerprint density at radius 3 is 1.22 bits per heavy atom. The van der Waals surface area contributed by atoms with E-state index in [1.54, 1.807) is 24.3 Å². The van der Waals surface area contributed by atoms with Gasteiger partial charge >= 0.3 is 15.6 Å². The average Bonchev–Trinajstić information content (AvgIpc) is 2.75. The first kappa shape index (κ1) is 30.6. The Balaban J connectivity index is 2.03. The van der Waals surface area contributed by atoms with E-state index in [0.29, 0.717) is 0 Å². The van der Waals surface area contributed by atoms with Gasteiger partial charge in [-0.15, -0.1) is 0 Å². The largest absolute Gasteiger partial charge is 0.527 e. The van der Waals surface area contributed by atoms with Gasteiger partial charge < -0.3 is 9.05 Å². The van der Waals surface area contributed by atoms with Crippen LogP contribution in [0.4, 0.5) is 0 Å². The van der Waals surface area contributed by atoms with Gasteiger partial charge in [0.05, 0.1) is 13.2 Å². The lowest BCUT2D eigenvalue weighted by atomic mass is 9.90. The molecule has 2 rings (SSSR count). The van der Waals surface area contributed by atoms with E-state index in [9.17, 15) is 18.9 Å². The fourth-order valence-corrected chi connectivity index (χ4v) is 5.66. The normalized spacial score (nSPS) is 15.4. The molecule has 0 spiro atoms. The van der Waals surface area contributed by atoms with Crippen LogP contribution >= 0.6 is 15.6 Å². The number of hydrogen-bond donors (Lipinski definition) is 2. The van der Waals surface area contributed by atoms with Crippen molar-refractivity contribution in [2.45, 2.75) is 79.1 Å². The third-order valence-corrected chi connectivity index (χ3v) is 7.49. The molecule has 0 saturated heterocycles. The highest BCUT2D eigenvalue weighted by atomic mass is 31.2. The Morgan fingerprint density at radius 1 is 0.611 bits per heavy atom. The van der Waals surface area contributed by atoms with Gasteiger partial charge in [0.25, 0.3) is 0 Å². The smallest absolute Gasteiger partial charge is 0.404 e. The first-order chi connectivity index (χ1) is 16.6. The Morgan fingerprint density at radius 2 is 0.944 bits per heavy atom. The number of phosphoric ester groups is 2. The zero-order valence-electron chi connectivity index (χ0n) is 22.4. The molecule has 0 amide bonds. The highest BCUT2D eigenvalue weighted by molar-refractivity contribution is 7.48. The van der Waals surface area contributed by atoms with E-state index in [1.807, 2.05) is 67.5 Å². The van der Waals surface area contributed by atoms with Crippen LogP contribution < -0.4 is 9.05 Å². The van der Waals surface area contributed by atoms with Gasteiger partial charge in [0.1, 0.15) is 11.5 Å². The predicted octanol–water partition coefficient (Wildman–Crippen LogP) is 7.87. The maximum atomic E-state index is 12.6. The monoisotopic (exact) mass is 542 g/mol. The SMILES string of the molecule is CC(C)c1cccc(OP(=O)(O)OCCOP(=O)(O)Oc2cccc(C(C)C)c2C(C)C)c1C(C)C. The van der Waals surface area contributed by atoms with Gasteiger partial charge in [0, 0.05) is 11.1 Å². The van der Waals surface area contributed by atoms with Crippen LogP contribution in [0.15, 0.2) is 36.4 Å². The van der Waals surface area contributed by atoms with E-state index in [4.69, 9.17) is 18.1 Å². The third kappa shape index (κ3) is 8.44. The van der Waals surface area contributed by atoms with Crippen LogP contribution in [-0.2, 0) is 18.2 Å². The fraction of sp³-hybridized carbons (Fsp3) is 0.538. The van der Waals surface area contributed by atoms with Gasteiger partial charge in [-0.1, -0.05) is 79.7 Å². The number of phosphoric acid groups is 2. The van der Waals surface area contributed by atoms with Crippen molar-refractivity contribution in [2.24, 2.45) is 0 Å². The number of rotatable bonds is 13. The summed E-state index contributed by atoms with van der Waals surface area (Å²) in [6.07, 6.45) is 0. The fourth-order valence-electron chi connectivity index (χ4n) is 4.13. The molecule has 2 unspecified atom stereocenters. The summed E-state index contributed by atoms with van der Waals surface area (Å²) in [6, 6.07) is 10.7. The van der Waals surface area contributed by atoms with Crippen molar-refractivity contribution in [1.82, 2.24) is 0 Å². The van der Waals surface area contributed by atoms with Gasteiger partial charge in [0.2, 0.25) is 0 Å². The Labute approximate surface area is 215 Å². The average molecular weight is 543 g/mol. The van der Waals surface area contributed by atoms with E-state index in [-0.39, 0.29) is 35.2 Å². The van der Waals surface area contributed by atoms with E-state index < -0.39 is 28.9 Å². The molecule has 0 heterocycles. The lowest BCUT2D eigenvalue weighted by molar-refractivity contribution is 0.138. The van der Waals surface area contributed by atoms with Crippen LogP contribution in [0, 0.1) is 0 Å². The minimum atomic E-state index is -4.51. The molecule has 0 aliphatic rings. The molecule has 2 atom stereocenters. The molecule has 2 N–H and O–H groups in total. The van der Waals surface area contributed by atoms with Gasteiger partial charge in [-0.25, -0.2) is 9.13 Å². The van der Waals surface area contributed by atoms with Crippen LogP contribution in [0.5, 0.6) is 11.5 Å². The molecule has 0 fully saturated rings. The predicted molar refractivity (Wildman–Crippen MR) is 142 cm³/mol. The standard InChI is InChI=1S/C26H40O8P2/c1-17(2)21-11-9-13-23(25(21)19(5)6)33-35(27,28)31-15-16-32-36(29,30)34-24-14-10-12-22(18(3)4)26(24)20(7)8/h9-14,17-20H,15-16H2,1-8H3,(H,27,28)(H,29,30). The molecule has 202 valence electrons. The van der Waals surface area contributed by atoms with Crippen LogP contribution in [0.1, 0.15) is 101 Å². The molecule has 0 aliphatic carbocycles. The van der Waals surface area contributed by atoms with Crippen molar-refractivity contribution in [3.05, 3.63) is 58.7 Å². The second-order valence-corrected chi connectivity index (χ2v) is 12.7. The first-order valence-electron chi connectivity index (χ1n) is 12.2. The Bertz CT molecular complexity index is 1020. The van der Waals surface area contributed by atoms with Crippen molar-refractivity contribution >= 4 is 15.6 Å². The molecule has 0 radical (unpaired) electrons. The van der Waals surface area contributed by atoms with Gasteiger partial charge in [-0.2, -0.15) is 0 Å². The molecule has 2 aromatic carbocycles. The summed E-state index contributed by atoms with van der Waals surface area (Å²) in [5, 5.41) is 0. The zero-order valence-corrected chi connectivity index (χ0v) is 24.2. The number of benzene rings is 2. The third-order valence-electron chi connectivity index (χ3n) is 5.62. The summed E-state index contributed by atoms with van der Waals surface area (Å²) in [4.78, 5) is 20.5. The summed E-state index contributed by atoms with van der Waals surface area (Å²) < 4.78 is 45.9. The van der Waals surface area contributed by atoms with E-state index >= 15 is 0 Å².